The van der Waals surface area contributed by atoms with E-state index in [1.54, 1.807) is 4.90 Å². The number of benzene rings is 1. The summed E-state index contributed by atoms with van der Waals surface area (Å²) < 4.78 is 0. The van der Waals surface area contributed by atoms with Gasteiger partial charge in [0.15, 0.2) is 0 Å². The highest BCUT2D eigenvalue weighted by atomic mass is 16.3. The summed E-state index contributed by atoms with van der Waals surface area (Å²) in [5.41, 5.74) is 3.49. The predicted molar refractivity (Wildman–Crippen MR) is 107 cm³/mol. The number of aromatic nitrogens is 2. The van der Waals surface area contributed by atoms with Gasteiger partial charge in [-0.05, 0) is 50.2 Å². The van der Waals surface area contributed by atoms with Crippen LogP contribution in [0.5, 0.6) is 0 Å². The van der Waals surface area contributed by atoms with Crippen molar-refractivity contribution in [2.24, 2.45) is 0 Å². The summed E-state index contributed by atoms with van der Waals surface area (Å²) in [6, 6.07) is 9.44. The van der Waals surface area contributed by atoms with Crippen molar-refractivity contribution >= 4 is 6.03 Å². The molecule has 148 valence electrons. The second-order valence-electron chi connectivity index (χ2n) is 7.91. The van der Waals surface area contributed by atoms with Gasteiger partial charge in [0.25, 0.3) is 0 Å². The summed E-state index contributed by atoms with van der Waals surface area (Å²) in [5, 5.41) is 13.8. The molecule has 2 amide bonds. The number of carbonyl (C=O) groups excluding carboxylic acids is 1. The number of aryl methyl sites for hydroxylation is 2. The SMILES string of the molecule is Cc1nc(CCNC(=O)N2CC[C@](O)(c3ccccc3)C2)nc2c1CCCC2. The highest BCUT2D eigenvalue weighted by Crippen LogP contribution is 2.31. The molecule has 1 aliphatic heterocycles. The molecule has 4 rings (SSSR count). The average Bonchev–Trinajstić information content (AvgIpc) is 3.12. The molecule has 2 aliphatic rings. The lowest BCUT2D eigenvalue weighted by Gasteiger charge is -2.24. The molecule has 2 aromatic rings. The summed E-state index contributed by atoms with van der Waals surface area (Å²) in [6.07, 6.45) is 5.70. The molecule has 0 unspecified atom stereocenters. The van der Waals surface area contributed by atoms with Gasteiger partial charge in [-0.15, -0.1) is 0 Å². The van der Waals surface area contributed by atoms with Crippen molar-refractivity contribution in [1.29, 1.82) is 0 Å². The summed E-state index contributed by atoms with van der Waals surface area (Å²) in [6.45, 7) is 3.42. The van der Waals surface area contributed by atoms with E-state index in [1.165, 1.54) is 24.1 Å². The van der Waals surface area contributed by atoms with Crippen molar-refractivity contribution in [3.8, 4) is 0 Å². The van der Waals surface area contributed by atoms with Crippen LogP contribution in [0.4, 0.5) is 4.79 Å². The van der Waals surface area contributed by atoms with Crippen LogP contribution in [0.1, 0.15) is 47.6 Å². The van der Waals surface area contributed by atoms with Crippen LogP contribution in [-0.4, -0.2) is 45.6 Å². The maximum Gasteiger partial charge on any atom is 0.317 e. The Morgan fingerprint density at radius 2 is 2.00 bits per heavy atom. The average molecular weight is 380 g/mol. The summed E-state index contributed by atoms with van der Waals surface area (Å²) >= 11 is 0. The molecule has 1 aromatic heterocycles. The second-order valence-corrected chi connectivity index (χ2v) is 7.91. The van der Waals surface area contributed by atoms with Gasteiger partial charge in [0, 0.05) is 30.9 Å². The maximum absolute atomic E-state index is 12.5. The second kappa shape index (κ2) is 7.87. The number of β-amino-alcohol motifs (C(OH)–C–C–N with tert-alkyl or cyclic N) is 1. The molecular weight excluding hydrogens is 352 g/mol. The van der Waals surface area contributed by atoms with Crippen molar-refractivity contribution in [2.45, 2.75) is 51.0 Å². The minimum Gasteiger partial charge on any atom is -0.383 e. The van der Waals surface area contributed by atoms with Gasteiger partial charge in [-0.3, -0.25) is 0 Å². The summed E-state index contributed by atoms with van der Waals surface area (Å²) in [7, 11) is 0. The molecule has 0 radical (unpaired) electrons. The normalized spacial score (nSPS) is 21.4. The first kappa shape index (κ1) is 18.9. The predicted octanol–water partition coefficient (Wildman–Crippen LogP) is 2.51. The molecule has 1 atom stereocenters. The van der Waals surface area contributed by atoms with E-state index in [-0.39, 0.29) is 6.03 Å². The molecule has 0 spiro atoms. The molecule has 1 aliphatic carbocycles. The first-order valence-electron chi connectivity index (χ1n) is 10.2. The number of carbonyl (C=O) groups is 1. The minimum absolute atomic E-state index is 0.137. The molecule has 1 fully saturated rings. The van der Waals surface area contributed by atoms with Gasteiger partial charge in [0.05, 0.1) is 6.54 Å². The Hall–Kier alpha value is -2.47. The van der Waals surface area contributed by atoms with Crippen LogP contribution in [0.3, 0.4) is 0 Å². The van der Waals surface area contributed by atoms with Gasteiger partial charge in [-0.2, -0.15) is 0 Å². The van der Waals surface area contributed by atoms with Gasteiger partial charge in [-0.25, -0.2) is 14.8 Å². The third kappa shape index (κ3) is 3.87. The van der Waals surface area contributed by atoms with Crippen molar-refractivity contribution in [1.82, 2.24) is 20.2 Å². The third-order valence-electron chi connectivity index (χ3n) is 5.91. The van der Waals surface area contributed by atoms with E-state index in [1.807, 2.05) is 30.3 Å². The number of fused-ring (bicyclic) bond motifs is 1. The molecule has 6 heteroatoms. The standard InChI is InChI=1S/C22H28N4O2/c1-16-18-9-5-6-10-19(18)25-20(24-16)11-13-23-21(27)26-14-12-22(28,15-26)17-7-3-2-4-8-17/h2-4,7-8,28H,5-6,9-15H2,1H3,(H,23,27)/t22-/m1/s1. The zero-order valence-electron chi connectivity index (χ0n) is 16.4. The van der Waals surface area contributed by atoms with E-state index < -0.39 is 5.60 Å². The summed E-state index contributed by atoms with van der Waals surface area (Å²) in [4.78, 5) is 23.5. The Morgan fingerprint density at radius 3 is 2.82 bits per heavy atom. The Kier molecular flexibility index (Phi) is 5.31. The number of likely N-dealkylation sites (tertiary alicyclic amines) is 1. The first-order chi connectivity index (χ1) is 13.5. The zero-order valence-corrected chi connectivity index (χ0v) is 16.4. The van der Waals surface area contributed by atoms with Crippen molar-refractivity contribution < 1.29 is 9.90 Å². The van der Waals surface area contributed by atoms with Crippen LogP contribution in [0.2, 0.25) is 0 Å². The third-order valence-corrected chi connectivity index (χ3v) is 5.91. The molecule has 2 N–H and O–H groups in total. The maximum atomic E-state index is 12.5. The zero-order chi connectivity index (χ0) is 19.6. The van der Waals surface area contributed by atoms with Crippen LogP contribution in [0.15, 0.2) is 30.3 Å². The van der Waals surface area contributed by atoms with Gasteiger partial charge >= 0.3 is 6.03 Å². The number of aliphatic hydroxyl groups is 1. The monoisotopic (exact) mass is 380 g/mol. The van der Waals surface area contributed by atoms with Gasteiger partial charge in [-0.1, -0.05) is 30.3 Å². The first-order valence-corrected chi connectivity index (χ1v) is 10.2. The molecule has 6 nitrogen and oxygen atoms in total. The fourth-order valence-corrected chi connectivity index (χ4v) is 4.30. The fourth-order valence-electron chi connectivity index (χ4n) is 4.30. The van der Waals surface area contributed by atoms with E-state index in [0.29, 0.717) is 32.5 Å². The highest BCUT2D eigenvalue weighted by molar-refractivity contribution is 5.74. The Balaban J connectivity index is 1.31. The topological polar surface area (TPSA) is 78.4 Å². The van der Waals surface area contributed by atoms with Crippen LogP contribution in [0, 0.1) is 6.92 Å². The molecule has 1 saturated heterocycles. The van der Waals surface area contributed by atoms with E-state index in [0.717, 1.165) is 29.9 Å². The smallest absolute Gasteiger partial charge is 0.317 e. The van der Waals surface area contributed by atoms with Gasteiger partial charge < -0.3 is 15.3 Å². The molecule has 28 heavy (non-hydrogen) atoms. The molecule has 1 aromatic carbocycles. The van der Waals surface area contributed by atoms with Gasteiger partial charge in [0.1, 0.15) is 11.4 Å². The van der Waals surface area contributed by atoms with Crippen LogP contribution >= 0.6 is 0 Å². The number of nitrogens with zero attached hydrogens (tertiary/aromatic N) is 3. The Bertz CT molecular complexity index is 855. The minimum atomic E-state index is -0.961. The van der Waals surface area contributed by atoms with E-state index in [2.05, 4.69) is 17.2 Å². The number of rotatable bonds is 4. The van der Waals surface area contributed by atoms with E-state index in [9.17, 15) is 9.90 Å². The number of amides is 2. The molecule has 0 saturated carbocycles. The van der Waals surface area contributed by atoms with E-state index >= 15 is 0 Å². The number of hydrogen-bond donors (Lipinski definition) is 2. The highest BCUT2D eigenvalue weighted by Gasteiger charge is 2.39. The fraction of sp³-hybridized carbons (Fsp3) is 0.500. The lowest BCUT2D eigenvalue weighted by Crippen LogP contribution is -2.41. The largest absolute Gasteiger partial charge is 0.383 e. The number of hydrogen-bond acceptors (Lipinski definition) is 4. The lowest BCUT2D eigenvalue weighted by molar-refractivity contribution is 0.0494. The molecule has 0 bridgehead atoms. The number of urea groups is 1. The molecule has 2 heterocycles. The summed E-state index contributed by atoms with van der Waals surface area (Å²) in [5.74, 6) is 0.806. The van der Waals surface area contributed by atoms with Crippen LogP contribution in [0.25, 0.3) is 0 Å². The van der Waals surface area contributed by atoms with Crippen molar-refractivity contribution in [2.75, 3.05) is 19.6 Å². The van der Waals surface area contributed by atoms with Crippen molar-refractivity contribution in [3.63, 3.8) is 0 Å². The van der Waals surface area contributed by atoms with Crippen molar-refractivity contribution in [3.05, 3.63) is 58.7 Å². The number of nitrogens with one attached hydrogen (secondary N) is 1. The quantitative estimate of drug-likeness (QED) is 0.854. The Labute approximate surface area is 166 Å². The van der Waals surface area contributed by atoms with Crippen LogP contribution < -0.4 is 5.32 Å². The van der Waals surface area contributed by atoms with Gasteiger partial charge in [0.2, 0.25) is 0 Å². The molecular formula is C22H28N4O2. The Morgan fingerprint density at radius 1 is 1.21 bits per heavy atom. The lowest BCUT2D eigenvalue weighted by atomic mass is 9.93. The van der Waals surface area contributed by atoms with Crippen LogP contribution in [-0.2, 0) is 24.9 Å². The van der Waals surface area contributed by atoms with E-state index in [4.69, 9.17) is 4.98 Å².